The molecule has 37 heavy (non-hydrogen) atoms. The lowest BCUT2D eigenvalue weighted by Crippen LogP contribution is -2.34. The Morgan fingerprint density at radius 3 is 2.76 bits per heavy atom. The van der Waals surface area contributed by atoms with Gasteiger partial charge in [0, 0.05) is 62.4 Å². The average Bonchev–Trinajstić information content (AvgIpc) is 3.58. The third kappa shape index (κ3) is 6.15. The van der Waals surface area contributed by atoms with Gasteiger partial charge in [-0.15, -0.1) is 0 Å². The third-order valence-corrected chi connectivity index (χ3v) is 8.95. The Morgan fingerprint density at radius 1 is 1.30 bits per heavy atom. The molecule has 1 fully saturated rings. The van der Waals surface area contributed by atoms with Crippen LogP contribution in [0.15, 0.2) is 61.4 Å². The minimum Gasteiger partial charge on any atom is -0.374 e. The van der Waals surface area contributed by atoms with E-state index in [0.717, 1.165) is 48.0 Å². The minimum absolute atomic E-state index is 0.0395. The van der Waals surface area contributed by atoms with Gasteiger partial charge in [0.05, 0.1) is 11.5 Å². The number of nitrogens with zero attached hydrogens (tertiary/aromatic N) is 3. The second-order valence-corrected chi connectivity index (χ2v) is 11.8. The first kappa shape index (κ1) is 26.7. The normalized spacial score (nSPS) is 16.5. The molecule has 7 nitrogen and oxygen atoms in total. The van der Waals surface area contributed by atoms with Crippen LogP contribution >= 0.6 is 0 Å². The second kappa shape index (κ2) is 11.4. The van der Waals surface area contributed by atoms with Crippen molar-refractivity contribution in [3.8, 4) is 0 Å². The van der Waals surface area contributed by atoms with E-state index in [9.17, 15) is 12.8 Å². The van der Waals surface area contributed by atoms with Crippen molar-refractivity contribution >= 4 is 27.2 Å². The van der Waals surface area contributed by atoms with E-state index in [1.165, 1.54) is 12.1 Å². The molecule has 0 bridgehead atoms. The third-order valence-electron chi connectivity index (χ3n) is 7.29. The second-order valence-electron chi connectivity index (χ2n) is 9.66. The number of aromatic amines is 1. The molecule has 3 heterocycles. The number of hydrogen-bond donors (Lipinski definition) is 2. The topological polar surface area (TPSA) is 81.3 Å². The maximum atomic E-state index is 14.0. The van der Waals surface area contributed by atoms with Crippen LogP contribution in [0.2, 0.25) is 0 Å². The number of sulfone groups is 1. The summed E-state index contributed by atoms with van der Waals surface area (Å²) in [6, 6.07) is 12.3. The van der Waals surface area contributed by atoms with E-state index in [-0.39, 0.29) is 29.0 Å². The number of hydrogen-bond acceptors (Lipinski definition) is 6. The standard InChI is InChI=1S/C28H36FN5O2S/c1-5-21(18-37(35,36)19-23-8-6-7-9-26(23)29)22-10-11-27(32-16-22)33(4)24-13-15-34(17-24)20(2)25-12-14-31-28(25)30-3/h6-12,14,16,21,24,30-31H,2,5,13,15,17-19H2,1,3-4H3. The van der Waals surface area contributed by atoms with Crippen molar-refractivity contribution in [2.24, 2.45) is 0 Å². The van der Waals surface area contributed by atoms with E-state index in [0.29, 0.717) is 6.42 Å². The summed E-state index contributed by atoms with van der Waals surface area (Å²) >= 11 is 0. The molecule has 1 aromatic carbocycles. The molecule has 0 radical (unpaired) electrons. The summed E-state index contributed by atoms with van der Waals surface area (Å²) in [6.07, 6.45) is 5.33. The van der Waals surface area contributed by atoms with Crippen LogP contribution in [0.4, 0.5) is 16.0 Å². The number of anilines is 2. The van der Waals surface area contributed by atoms with Crippen LogP contribution in [0.1, 0.15) is 42.4 Å². The summed E-state index contributed by atoms with van der Waals surface area (Å²) in [5, 5.41) is 3.17. The molecular weight excluding hydrogens is 489 g/mol. The Balaban J connectivity index is 1.39. The van der Waals surface area contributed by atoms with Crippen LogP contribution in [-0.2, 0) is 15.6 Å². The maximum absolute atomic E-state index is 14.0. The highest BCUT2D eigenvalue weighted by Gasteiger charge is 2.29. The number of aromatic nitrogens is 2. The lowest BCUT2D eigenvalue weighted by Gasteiger charge is -2.27. The van der Waals surface area contributed by atoms with Gasteiger partial charge in [0.15, 0.2) is 9.84 Å². The van der Waals surface area contributed by atoms with E-state index in [1.54, 1.807) is 18.3 Å². The Kier molecular flexibility index (Phi) is 8.22. The smallest absolute Gasteiger partial charge is 0.155 e. The largest absolute Gasteiger partial charge is 0.374 e. The highest BCUT2D eigenvalue weighted by Crippen LogP contribution is 2.30. The summed E-state index contributed by atoms with van der Waals surface area (Å²) in [6.45, 7) is 8.04. The maximum Gasteiger partial charge on any atom is 0.155 e. The van der Waals surface area contributed by atoms with Crippen LogP contribution in [0.25, 0.3) is 5.70 Å². The molecule has 0 aliphatic carbocycles. The molecular formula is C28H36FN5O2S. The molecule has 0 amide bonds. The number of likely N-dealkylation sites (N-methyl/N-ethyl adjacent to an activating group) is 1. The summed E-state index contributed by atoms with van der Waals surface area (Å²) in [7, 11) is 0.442. The predicted octanol–water partition coefficient (Wildman–Crippen LogP) is 4.88. The predicted molar refractivity (Wildman–Crippen MR) is 149 cm³/mol. The van der Waals surface area contributed by atoms with Crippen molar-refractivity contribution in [3.63, 3.8) is 0 Å². The van der Waals surface area contributed by atoms with Gasteiger partial charge in [-0.05, 0) is 42.5 Å². The minimum atomic E-state index is -3.49. The molecule has 3 aromatic rings. The molecule has 1 saturated heterocycles. The van der Waals surface area contributed by atoms with E-state index in [2.05, 4.69) is 31.7 Å². The van der Waals surface area contributed by atoms with E-state index < -0.39 is 15.7 Å². The summed E-state index contributed by atoms with van der Waals surface area (Å²) in [4.78, 5) is 12.4. The van der Waals surface area contributed by atoms with Gasteiger partial charge >= 0.3 is 0 Å². The fraction of sp³-hybridized carbons (Fsp3) is 0.393. The molecule has 2 N–H and O–H groups in total. The zero-order valence-corrected chi connectivity index (χ0v) is 22.6. The van der Waals surface area contributed by atoms with Gasteiger partial charge < -0.3 is 20.1 Å². The molecule has 9 heteroatoms. The summed E-state index contributed by atoms with van der Waals surface area (Å²) in [5.41, 5.74) is 3.15. The Bertz CT molecular complexity index is 1320. The molecule has 2 atom stereocenters. The van der Waals surface area contributed by atoms with Crippen LogP contribution in [0, 0.1) is 5.82 Å². The summed E-state index contributed by atoms with van der Waals surface area (Å²) < 4.78 is 39.7. The van der Waals surface area contributed by atoms with Crippen molar-refractivity contribution in [1.29, 1.82) is 0 Å². The summed E-state index contributed by atoms with van der Waals surface area (Å²) in [5.74, 6) is 0.784. The molecule has 0 saturated carbocycles. The van der Waals surface area contributed by atoms with E-state index in [4.69, 9.17) is 0 Å². The Hall–Kier alpha value is -3.33. The number of rotatable bonds is 11. The van der Waals surface area contributed by atoms with E-state index in [1.807, 2.05) is 45.4 Å². The number of benzene rings is 1. The van der Waals surface area contributed by atoms with Gasteiger partial charge in [0.2, 0.25) is 0 Å². The van der Waals surface area contributed by atoms with Gasteiger partial charge in [-0.25, -0.2) is 17.8 Å². The van der Waals surface area contributed by atoms with Crippen molar-refractivity contribution in [3.05, 3.63) is 83.9 Å². The lowest BCUT2D eigenvalue weighted by atomic mass is 10.0. The van der Waals surface area contributed by atoms with E-state index >= 15 is 0 Å². The van der Waals surface area contributed by atoms with Crippen LogP contribution in [0.5, 0.6) is 0 Å². The van der Waals surface area contributed by atoms with Crippen molar-refractivity contribution in [2.75, 3.05) is 43.2 Å². The quantitative estimate of drug-likeness (QED) is 0.371. The highest BCUT2D eigenvalue weighted by atomic mass is 32.2. The SMILES string of the molecule is C=C(c1cc[nH]c1NC)N1CCC(N(C)c2ccc(C(CC)CS(=O)(=O)Cc3ccccc3F)cn2)C1. The molecule has 1 aliphatic rings. The number of pyridine rings is 1. The van der Waals surface area contributed by atoms with Crippen LogP contribution < -0.4 is 10.2 Å². The molecule has 2 unspecified atom stereocenters. The monoisotopic (exact) mass is 525 g/mol. The zero-order chi connectivity index (χ0) is 26.6. The lowest BCUT2D eigenvalue weighted by molar-refractivity contribution is 0.482. The van der Waals surface area contributed by atoms with Gasteiger partial charge in [0.25, 0.3) is 0 Å². The van der Waals surface area contributed by atoms with Gasteiger partial charge in [0.1, 0.15) is 17.5 Å². The molecule has 4 rings (SSSR count). The number of likely N-dealkylation sites (tertiary alicyclic amines) is 1. The van der Waals surface area contributed by atoms with Crippen molar-refractivity contribution in [1.82, 2.24) is 14.9 Å². The zero-order valence-electron chi connectivity index (χ0n) is 21.7. The van der Waals surface area contributed by atoms with Crippen LogP contribution in [0.3, 0.4) is 0 Å². The molecule has 2 aromatic heterocycles. The molecule has 0 spiro atoms. The van der Waals surface area contributed by atoms with Gasteiger partial charge in [-0.1, -0.05) is 37.8 Å². The fourth-order valence-electron chi connectivity index (χ4n) is 4.99. The van der Waals surface area contributed by atoms with Gasteiger partial charge in [-0.2, -0.15) is 0 Å². The first-order valence-corrected chi connectivity index (χ1v) is 14.5. The van der Waals surface area contributed by atoms with Gasteiger partial charge in [-0.3, -0.25) is 0 Å². The first-order valence-electron chi connectivity index (χ1n) is 12.6. The number of H-pyrrole nitrogens is 1. The Morgan fingerprint density at radius 2 is 2.08 bits per heavy atom. The number of halogens is 1. The average molecular weight is 526 g/mol. The molecule has 198 valence electrons. The van der Waals surface area contributed by atoms with Crippen LogP contribution in [-0.4, -0.2) is 62.3 Å². The van der Waals surface area contributed by atoms with Crippen molar-refractivity contribution < 1.29 is 12.8 Å². The number of nitrogens with one attached hydrogen (secondary N) is 2. The van der Waals surface area contributed by atoms with Crippen molar-refractivity contribution in [2.45, 2.75) is 37.5 Å². The Labute approximate surface area is 219 Å². The first-order chi connectivity index (χ1) is 17.7. The molecule has 1 aliphatic heterocycles. The fourth-order valence-corrected chi connectivity index (χ4v) is 6.86. The highest BCUT2D eigenvalue weighted by molar-refractivity contribution is 7.90.